The van der Waals surface area contributed by atoms with Gasteiger partial charge in [-0.1, -0.05) is 54.6 Å². The fourth-order valence-corrected chi connectivity index (χ4v) is 4.90. The number of pyridine rings is 1. The molecule has 5 nitrogen and oxygen atoms in total. The van der Waals surface area contributed by atoms with E-state index in [0.29, 0.717) is 23.1 Å². The smallest absolute Gasteiger partial charge is 0.337 e. The number of carboxylic acid groups (broad SMARTS) is 1. The minimum atomic E-state index is -0.951. The van der Waals surface area contributed by atoms with Crippen LogP contribution < -0.4 is 0 Å². The second kappa shape index (κ2) is 8.76. The molecule has 1 radical (unpaired) electrons. The molecule has 0 spiro atoms. The number of aromatic nitrogens is 3. The van der Waals surface area contributed by atoms with E-state index in [0.717, 1.165) is 27.8 Å². The summed E-state index contributed by atoms with van der Waals surface area (Å²) in [6, 6.07) is 23.6. The Morgan fingerprint density at radius 2 is 1.82 bits per heavy atom. The van der Waals surface area contributed by atoms with Crippen molar-refractivity contribution in [3.05, 3.63) is 108 Å². The van der Waals surface area contributed by atoms with Crippen molar-refractivity contribution >= 4 is 62.8 Å². The standard InChI is InChI=1S/C28H21N3O2.Na/c1-17-7-6-10-22-25(17)19(16-29-22)15-23-27(30-24-11-4-5-14-31(23)24)21-13-12-18-8-2-3-9-20(18)26(21)28(32)33;/h2-14,16,29H,15H2,1H3,(H,32,33);. The number of imidazole rings is 1. The zero-order chi connectivity index (χ0) is 22.5. The average Bonchev–Trinajstić information content (AvgIpc) is 3.41. The summed E-state index contributed by atoms with van der Waals surface area (Å²) in [4.78, 5) is 20.7. The van der Waals surface area contributed by atoms with Gasteiger partial charge in [0.25, 0.3) is 0 Å². The molecule has 161 valence electrons. The number of hydrogen-bond donors (Lipinski definition) is 2. The number of carbonyl (C=O) groups is 1. The SMILES string of the molecule is Cc1cccc2[nH]cc(Cc3c(-c4ccc5ccccc5c4C(=O)O)nc4ccccn34)c12.[Na]. The molecule has 0 fully saturated rings. The predicted molar refractivity (Wildman–Crippen MR) is 137 cm³/mol. The molecule has 6 rings (SSSR count). The Kier molecular flexibility index (Phi) is 5.78. The second-order valence-corrected chi connectivity index (χ2v) is 8.34. The number of carboxylic acids is 1. The van der Waals surface area contributed by atoms with Crippen LogP contribution in [0.3, 0.4) is 0 Å². The molecule has 3 aromatic carbocycles. The number of aromatic carboxylic acids is 1. The van der Waals surface area contributed by atoms with Crippen LogP contribution in [0.4, 0.5) is 0 Å². The number of aryl methyl sites for hydroxylation is 1. The van der Waals surface area contributed by atoms with Gasteiger partial charge in [-0.15, -0.1) is 0 Å². The van der Waals surface area contributed by atoms with Gasteiger partial charge in [0.2, 0.25) is 0 Å². The van der Waals surface area contributed by atoms with Crippen molar-refractivity contribution in [3.8, 4) is 11.3 Å². The maximum Gasteiger partial charge on any atom is 0.337 e. The molecule has 6 heteroatoms. The first-order valence-electron chi connectivity index (χ1n) is 10.9. The van der Waals surface area contributed by atoms with Crippen molar-refractivity contribution in [1.29, 1.82) is 0 Å². The Balaban J connectivity index is 0.00000241. The zero-order valence-electron chi connectivity index (χ0n) is 19.0. The number of fused-ring (bicyclic) bond motifs is 3. The maximum absolute atomic E-state index is 12.4. The Morgan fingerprint density at radius 1 is 1.00 bits per heavy atom. The van der Waals surface area contributed by atoms with Gasteiger partial charge in [-0.05, 0) is 47.0 Å². The molecule has 3 heterocycles. The van der Waals surface area contributed by atoms with Crippen molar-refractivity contribution in [2.45, 2.75) is 13.3 Å². The van der Waals surface area contributed by atoms with Gasteiger partial charge in [-0.2, -0.15) is 0 Å². The van der Waals surface area contributed by atoms with Crippen molar-refractivity contribution in [3.63, 3.8) is 0 Å². The average molecular weight is 454 g/mol. The van der Waals surface area contributed by atoms with E-state index in [9.17, 15) is 9.90 Å². The van der Waals surface area contributed by atoms with Gasteiger partial charge in [0.05, 0.1) is 17.0 Å². The first-order chi connectivity index (χ1) is 16.1. The Labute approximate surface area is 218 Å². The van der Waals surface area contributed by atoms with Crippen molar-refractivity contribution in [1.82, 2.24) is 14.4 Å². The molecule has 2 N–H and O–H groups in total. The van der Waals surface area contributed by atoms with E-state index in [2.05, 4.69) is 28.4 Å². The Morgan fingerprint density at radius 3 is 2.68 bits per heavy atom. The number of nitrogens with one attached hydrogen (secondary N) is 1. The van der Waals surface area contributed by atoms with Crippen LogP contribution >= 0.6 is 0 Å². The fraction of sp³-hybridized carbons (Fsp3) is 0.0714. The summed E-state index contributed by atoms with van der Waals surface area (Å²) in [5, 5.41) is 13.0. The van der Waals surface area contributed by atoms with Crippen LogP contribution in [-0.2, 0) is 6.42 Å². The molecule has 6 aromatic rings. The van der Waals surface area contributed by atoms with Crippen LogP contribution in [0.2, 0.25) is 0 Å². The Bertz CT molecular complexity index is 1700. The van der Waals surface area contributed by atoms with Crippen LogP contribution in [0.1, 0.15) is 27.2 Å². The minimum absolute atomic E-state index is 0. The van der Waals surface area contributed by atoms with Gasteiger partial charge in [-0.25, -0.2) is 9.78 Å². The van der Waals surface area contributed by atoms with Gasteiger partial charge in [0.1, 0.15) is 5.65 Å². The molecule has 0 aliphatic heterocycles. The number of aromatic amines is 1. The van der Waals surface area contributed by atoms with Crippen molar-refractivity contribution in [2.75, 3.05) is 0 Å². The van der Waals surface area contributed by atoms with Crippen molar-refractivity contribution in [2.24, 2.45) is 0 Å². The number of hydrogen-bond acceptors (Lipinski definition) is 2. The zero-order valence-corrected chi connectivity index (χ0v) is 21.0. The molecule has 34 heavy (non-hydrogen) atoms. The third-order valence-corrected chi connectivity index (χ3v) is 6.38. The van der Waals surface area contributed by atoms with E-state index in [-0.39, 0.29) is 35.1 Å². The summed E-state index contributed by atoms with van der Waals surface area (Å²) in [7, 11) is 0. The molecule has 0 atom stereocenters. The van der Waals surface area contributed by atoms with E-state index in [1.165, 1.54) is 10.9 Å². The van der Waals surface area contributed by atoms with Crippen molar-refractivity contribution < 1.29 is 9.90 Å². The maximum atomic E-state index is 12.4. The van der Waals surface area contributed by atoms with Crippen LogP contribution in [0.5, 0.6) is 0 Å². The van der Waals surface area contributed by atoms with Crippen LogP contribution in [0.25, 0.3) is 38.6 Å². The van der Waals surface area contributed by atoms with Gasteiger partial charge in [-0.3, -0.25) is 0 Å². The number of nitrogens with zero attached hydrogens (tertiary/aromatic N) is 2. The van der Waals surface area contributed by atoms with Gasteiger partial charge >= 0.3 is 5.97 Å². The summed E-state index contributed by atoms with van der Waals surface area (Å²) < 4.78 is 2.06. The van der Waals surface area contributed by atoms with Gasteiger partial charge in [0, 0.05) is 64.8 Å². The molecule has 3 aromatic heterocycles. The molecule has 0 amide bonds. The number of benzene rings is 3. The van der Waals surface area contributed by atoms with E-state index in [1.54, 1.807) is 0 Å². The molecule has 0 aliphatic rings. The summed E-state index contributed by atoms with van der Waals surface area (Å²) in [6.45, 7) is 2.11. The molecule has 0 saturated carbocycles. The Hall–Kier alpha value is -3.38. The quantitative estimate of drug-likeness (QED) is 0.328. The molecule has 0 aliphatic carbocycles. The first-order valence-corrected chi connectivity index (χ1v) is 10.9. The summed E-state index contributed by atoms with van der Waals surface area (Å²) in [6.07, 6.45) is 4.66. The van der Waals surface area contributed by atoms with E-state index >= 15 is 0 Å². The number of H-pyrrole nitrogens is 1. The largest absolute Gasteiger partial charge is 0.478 e. The first kappa shape index (κ1) is 22.4. The second-order valence-electron chi connectivity index (χ2n) is 8.34. The minimum Gasteiger partial charge on any atom is -0.478 e. The van der Waals surface area contributed by atoms with Gasteiger partial charge < -0.3 is 14.5 Å². The summed E-state index contributed by atoms with van der Waals surface area (Å²) >= 11 is 0. The topological polar surface area (TPSA) is 70.4 Å². The van der Waals surface area contributed by atoms with E-state index in [4.69, 9.17) is 4.98 Å². The monoisotopic (exact) mass is 454 g/mol. The molecule has 0 unspecified atom stereocenters. The molecular weight excluding hydrogens is 433 g/mol. The third kappa shape index (κ3) is 3.53. The molecular formula is C28H21N3NaO2. The van der Waals surface area contributed by atoms with Crippen LogP contribution in [0.15, 0.2) is 85.2 Å². The fourth-order valence-electron chi connectivity index (χ4n) is 4.90. The normalized spacial score (nSPS) is 11.2. The predicted octanol–water partition coefficient (Wildman–Crippen LogP) is 5.85. The third-order valence-electron chi connectivity index (χ3n) is 6.38. The van der Waals surface area contributed by atoms with Gasteiger partial charge in [0.15, 0.2) is 0 Å². The number of rotatable bonds is 4. The van der Waals surface area contributed by atoms with Crippen LogP contribution in [-0.4, -0.2) is 55.0 Å². The van der Waals surface area contributed by atoms with E-state index < -0.39 is 5.97 Å². The molecule has 0 saturated heterocycles. The summed E-state index contributed by atoms with van der Waals surface area (Å²) in [5.74, 6) is -0.951. The van der Waals surface area contributed by atoms with E-state index in [1.807, 2.05) is 73.1 Å². The summed E-state index contributed by atoms with van der Waals surface area (Å²) in [5.41, 5.74) is 6.84. The molecule has 0 bridgehead atoms. The van der Waals surface area contributed by atoms with Crippen LogP contribution in [0, 0.1) is 6.92 Å².